The van der Waals surface area contributed by atoms with Gasteiger partial charge in [-0.25, -0.2) is 4.90 Å². The third-order valence-corrected chi connectivity index (χ3v) is 12.0. The number of carbonyl (C=O) groups excluding carboxylic acids is 4. The molecule has 6 unspecified atom stereocenters. The number of amides is 2. The van der Waals surface area contributed by atoms with Crippen molar-refractivity contribution in [3.8, 4) is 5.75 Å². The number of ketones is 2. The number of Topliss-reactive ketones (excluding diaryl/α,β-unsaturated/α-hetero) is 1. The number of rotatable bonds is 6. The van der Waals surface area contributed by atoms with Crippen LogP contribution in [0.2, 0.25) is 0 Å². The SMILES string of the molecule is C=CCc1cccc(C2C3=CCC4C(=O)N(c5cc(C(F)(F)F)cc(C(F)(F)F)c5)C(=O)C4C3CC3C(=O)C(c4ccccc4)=CC(=O)C32c2ccccc2)c1O. The van der Waals surface area contributed by atoms with Crippen molar-refractivity contribution in [3.63, 3.8) is 0 Å². The highest BCUT2D eigenvalue weighted by Gasteiger charge is 2.66. The van der Waals surface area contributed by atoms with Crippen molar-refractivity contribution in [2.24, 2.45) is 23.7 Å². The second kappa shape index (κ2) is 13.6. The third-order valence-electron chi connectivity index (χ3n) is 12.0. The number of allylic oxidation sites excluding steroid dienone is 5. The van der Waals surface area contributed by atoms with Gasteiger partial charge in [0.2, 0.25) is 11.8 Å². The Hall–Kier alpha value is -6.04. The predicted molar refractivity (Wildman–Crippen MR) is 198 cm³/mol. The lowest BCUT2D eigenvalue weighted by Crippen LogP contribution is -2.58. The first-order valence-electron chi connectivity index (χ1n) is 18.3. The highest BCUT2D eigenvalue weighted by molar-refractivity contribution is 6.32. The van der Waals surface area contributed by atoms with E-state index in [2.05, 4.69) is 6.58 Å². The first-order chi connectivity index (χ1) is 27.1. The molecule has 0 radical (unpaired) electrons. The predicted octanol–water partition coefficient (Wildman–Crippen LogP) is 9.19. The van der Waals surface area contributed by atoms with Crippen molar-refractivity contribution in [1.82, 2.24) is 0 Å². The van der Waals surface area contributed by atoms with Crippen LogP contribution < -0.4 is 4.90 Å². The quantitative estimate of drug-likeness (QED) is 0.120. The van der Waals surface area contributed by atoms with Crippen molar-refractivity contribution < 1.29 is 50.6 Å². The number of fused-ring (bicyclic) bond motifs is 4. The molecule has 57 heavy (non-hydrogen) atoms. The number of para-hydroxylation sites is 1. The molecule has 8 rings (SSSR count). The van der Waals surface area contributed by atoms with Gasteiger partial charge in [-0.3, -0.25) is 19.2 Å². The van der Waals surface area contributed by atoms with Crippen LogP contribution in [0.25, 0.3) is 5.57 Å². The Morgan fingerprint density at radius 2 is 1.42 bits per heavy atom. The fourth-order valence-corrected chi connectivity index (χ4v) is 9.71. The number of hydrogen-bond acceptors (Lipinski definition) is 5. The molecule has 1 saturated heterocycles. The van der Waals surface area contributed by atoms with Crippen molar-refractivity contribution in [3.05, 3.63) is 161 Å². The van der Waals surface area contributed by atoms with E-state index in [-0.39, 0.29) is 42.2 Å². The minimum Gasteiger partial charge on any atom is -0.507 e. The first kappa shape index (κ1) is 37.9. The highest BCUT2D eigenvalue weighted by atomic mass is 19.4. The molecule has 4 aromatic carbocycles. The van der Waals surface area contributed by atoms with Crippen molar-refractivity contribution >= 4 is 34.6 Å². The molecule has 4 aromatic rings. The topological polar surface area (TPSA) is 91.8 Å². The van der Waals surface area contributed by atoms with Crippen LogP contribution in [0, 0.1) is 23.7 Å². The lowest BCUT2D eigenvalue weighted by atomic mass is 9.44. The first-order valence-corrected chi connectivity index (χ1v) is 18.3. The normalized spacial score (nSPS) is 26.0. The van der Waals surface area contributed by atoms with E-state index in [0.717, 1.165) is 0 Å². The van der Waals surface area contributed by atoms with E-state index in [4.69, 9.17) is 0 Å². The number of benzene rings is 4. The van der Waals surface area contributed by atoms with Gasteiger partial charge in [0.25, 0.3) is 0 Å². The summed E-state index contributed by atoms with van der Waals surface area (Å²) < 4.78 is 83.7. The summed E-state index contributed by atoms with van der Waals surface area (Å²) in [5.74, 6) is -8.81. The second-order valence-electron chi connectivity index (χ2n) is 14.9. The van der Waals surface area contributed by atoms with E-state index in [1.54, 1.807) is 91.0 Å². The van der Waals surface area contributed by atoms with Crippen LogP contribution in [0.3, 0.4) is 0 Å². The highest BCUT2D eigenvalue weighted by Crippen LogP contribution is 2.64. The smallest absolute Gasteiger partial charge is 0.416 e. The Balaban J connectivity index is 1.35. The van der Waals surface area contributed by atoms with Crippen molar-refractivity contribution in [1.29, 1.82) is 0 Å². The molecule has 1 aliphatic heterocycles. The van der Waals surface area contributed by atoms with Gasteiger partial charge in [0.15, 0.2) is 11.6 Å². The molecule has 3 aliphatic carbocycles. The van der Waals surface area contributed by atoms with E-state index in [0.29, 0.717) is 39.3 Å². The average Bonchev–Trinajstić information content (AvgIpc) is 3.45. The van der Waals surface area contributed by atoms with Crippen LogP contribution in [0.15, 0.2) is 127 Å². The van der Waals surface area contributed by atoms with Crippen LogP contribution in [-0.4, -0.2) is 28.5 Å². The summed E-state index contributed by atoms with van der Waals surface area (Å²) >= 11 is 0. The minimum absolute atomic E-state index is 0.0768. The zero-order chi connectivity index (χ0) is 40.6. The summed E-state index contributed by atoms with van der Waals surface area (Å²) in [6.07, 6.45) is -5.94. The number of alkyl halides is 6. The van der Waals surface area contributed by atoms with Crippen LogP contribution in [-0.2, 0) is 43.4 Å². The zero-order valence-corrected chi connectivity index (χ0v) is 30.0. The molecule has 0 bridgehead atoms. The summed E-state index contributed by atoms with van der Waals surface area (Å²) in [7, 11) is 0. The summed E-state index contributed by atoms with van der Waals surface area (Å²) in [6, 6.07) is 22.8. The number of hydrogen-bond donors (Lipinski definition) is 1. The number of halogens is 6. The zero-order valence-electron chi connectivity index (χ0n) is 30.0. The van der Waals surface area contributed by atoms with Gasteiger partial charge in [-0.15, -0.1) is 6.58 Å². The lowest BCUT2D eigenvalue weighted by molar-refractivity contribution is -0.143. The fraction of sp³-hybridized carbons (Fsp3) is 0.244. The van der Waals surface area contributed by atoms with Gasteiger partial charge >= 0.3 is 12.4 Å². The number of anilines is 1. The van der Waals surface area contributed by atoms with E-state index in [9.17, 15) is 41.0 Å². The van der Waals surface area contributed by atoms with Crippen LogP contribution >= 0.6 is 0 Å². The number of phenols is 1. The average molecular weight is 782 g/mol. The second-order valence-corrected chi connectivity index (χ2v) is 14.9. The molecule has 290 valence electrons. The van der Waals surface area contributed by atoms with Gasteiger partial charge in [-0.05, 0) is 66.1 Å². The Labute approximate surface area is 322 Å². The Morgan fingerprint density at radius 1 is 0.789 bits per heavy atom. The van der Waals surface area contributed by atoms with Gasteiger partial charge in [-0.2, -0.15) is 26.3 Å². The number of phenolic OH excluding ortho intramolecular Hbond substituents is 1. The molecular weight excluding hydrogens is 748 g/mol. The molecule has 0 spiro atoms. The third kappa shape index (κ3) is 5.87. The maximum absolute atomic E-state index is 15.2. The molecular formula is C45H33F6NO5. The minimum atomic E-state index is -5.24. The molecule has 1 heterocycles. The van der Waals surface area contributed by atoms with E-state index >= 15 is 9.59 Å². The largest absolute Gasteiger partial charge is 0.507 e. The van der Waals surface area contributed by atoms with Crippen LogP contribution in [0.1, 0.15) is 52.1 Å². The van der Waals surface area contributed by atoms with Crippen LogP contribution in [0.4, 0.5) is 32.0 Å². The molecule has 4 aliphatic rings. The number of carbonyl (C=O) groups is 4. The molecule has 6 nitrogen and oxygen atoms in total. The maximum atomic E-state index is 15.2. The monoisotopic (exact) mass is 781 g/mol. The van der Waals surface area contributed by atoms with Gasteiger partial charge in [0.05, 0.1) is 34.1 Å². The molecule has 1 saturated carbocycles. The Bertz CT molecular complexity index is 2390. The molecule has 1 N–H and O–H groups in total. The number of nitrogens with zero attached hydrogens (tertiary/aromatic N) is 1. The number of imide groups is 1. The van der Waals surface area contributed by atoms with Gasteiger partial charge < -0.3 is 5.11 Å². The Morgan fingerprint density at radius 3 is 2.04 bits per heavy atom. The molecule has 2 fully saturated rings. The van der Waals surface area contributed by atoms with Crippen molar-refractivity contribution in [2.45, 2.75) is 42.9 Å². The Kier molecular flexibility index (Phi) is 9.01. The summed E-state index contributed by atoms with van der Waals surface area (Å²) in [4.78, 5) is 59.4. The van der Waals surface area contributed by atoms with E-state index in [1.165, 1.54) is 6.08 Å². The molecule has 12 heteroatoms. The van der Waals surface area contributed by atoms with Gasteiger partial charge in [-0.1, -0.05) is 96.6 Å². The van der Waals surface area contributed by atoms with Crippen molar-refractivity contribution in [2.75, 3.05) is 4.90 Å². The van der Waals surface area contributed by atoms with Crippen LogP contribution in [0.5, 0.6) is 5.75 Å². The fourth-order valence-electron chi connectivity index (χ4n) is 9.71. The van der Waals surface area contributed by atoms with Gasteiger partial charge in [0, 0.05) is 23.0 Å². The summed E-state index contributed by atoms with van der Waals surface area (Å²) in [5.41, 5.74) is -3.66. The lowest BCUT2D eigenvalue weighted by Gasteiger charge is -2.55. The standard InChI is InChI=1S/C45H33F6NO5/c1-2-10-25-13-9-16-32(39(25)54)38-30-17-18-31-37(42(57)52(41(31)56)29-20-27(44(46,47)48)19-28(21-29)45(49,50)51)34(30)22-35-40(55)33(24-11-5-3-6-12-24)23-36(53)43(35,38)26-14-7-4-8-15-26/h2-9,11-17,19-21,23,31,34-35,37-38,54H,1,10,18,22H2. The van der Waals surface area contributed by atoms with E-state index in [1.807, 2.05) is 0 Å². The molecule has 0 aromatic heterocycles. The summed E-state index contributed by atoms with van der Waals surface area (Å²) in [5, 5.41) is 12.0. The van der Waals surface area contributed by atoms with Gasteiger partial charge in [0.1, 0.15) is 5.75 Å². The molecule has 2 amide bonds. The van der Waals surface area contributed by atoms with E-state index < -0.39 is 87.6 Å². The molecule has 6 atom stereocenters. The summed E-state index contributed by atoms with van der Waals surface area (Å²) in [6.45, 7) is 3.78. The maximum Gasteiger partial charge on any atom is 0.416 e. The number of aromatic hydroxyl groups is 1.